The standard InChI is InChI=1S/C21H21ClN2O4/c22-17-3-1-2-15(9-17)14-6-4-13(5-7-14)8-18(11-20(26)27)24-21(28)16-10-19(25)23-12-16/h1-7,9,16,18H,8,10-12H2,(H,23,25)(H,24,28)(H,26,27)/t16?,18-/m1/s1. The van der Waals surface area contributed by atoms with E-state index in [-0.39, 0.29) is 24.7 Å². The second-order valence-corrected chi connectivity index (χ2v) is 7.36. The van der Waals surface area contributed by atoms with Gasteiger partial charge in [0, 0.05) is 24.0 Å². The number of hydrogen-bond acceptors (Lipinski definition) is 3. The first-order valence-electron chi connectivity index (χ1n) is 9.04. The number of carboxylic acids is 1. The lowest BCUT2D eigenvalue weighted by Crippen LogP contribution is -2.42. The monoisotopic (exact) mass is 400 g/mol. The van der Waals surface area contributed by atoms with Crippen LogP contribution in [0.15, 0.2) is 48.5 Å². The highest BCUT2D eigenvalue weighted by Crippen LogP contribution is 2.23. The van der Waals surface area contributed by atoms with Crippen molar-refractivity contribution >= 4 is 29.4 Å². The molecule has 6 nitrogen and oxygen atoms in total. The lowest BCUT2D eigenvalue weighted by Gasteiger charge is -2.19. The zero-order valence-electron chi connectivity index (χ0n) is 15.2. The van der Waals surface area contributed by atoms with E-state index in [1.54, 1.807) is 0 Å². The number of aliphatic carboxylic acids is 1. The Morgan fingerprint density at radius 1 is 1.18 bits per heavy atom. The molecule has 3 rings (SSSR count). The van der Waals surface area contributed by atoms with E-state index in [4.69, 9.17) is 11.6 Å². The van der Waals surface area contributed by atoms with Gasteiger partial charge in [0.15, 0.2) is 0 Å². The fourth-order valence-electron chi connectivity index (χ4n) is 3.28. The molecule has 2 aromatic carbocycles. The maximum absolute atomic E-state index is 12.3. The largest absolute Gasteiger partial charge is 0.481 e. The van der Waals surface area contributed by atoms with E-state index in [9.17, 15) is 19.5 Å². The van der Waals surface area contributed by atoms with E-state index in [0.29, 0.717) is 18.0 Å². The van der Waals surface area contributed by atoms with Crippen molar-refractivity contribution in [1.82, 2.24) is 10.6 Å². The number of carboxylic acid groups (broad SMARTS) is 1. The molecule has 0 spiro atoms. The normalized spacial score (nSPS) is 17.0. The molecule has 1 unspecified atom stereocenters. The highest BCUT2D eigenvalue weighted by Gasteiger charge is 2.29. The third-order valence-electron chi connectivity index (χ3n) is 4.71. The second kappa shape index (κ2) is 8.89. The molecule has 146 valence electrons. The predicted octanol–water partition coefficient (Wildman–Crippen LogP) is 2.65. The minimum Gasteiger partial charge on any atom is -0.481 e. The Morgan fingerprint density at radius 3 is 2.54 bits per heavy atom. The minimum absolute atomic E-state index is 0.139. The molecule has 2 aromatic rings. The maximum atomic E-state index is 12.3. The van der Waals surface area contributed by atoms with Gasteiger partial charge in [-0.2, -0.15) is 0 Å². The summed E-state index contributed by atoms with van der Waals surface area (Å²) < 4.78 is 0. The quantitative estimate of drug-likeness (QED) is 0.665. The van der Waals surface area contributed by atoms with Crippen LogP contribution < -0.4 is 10.6 Å². The molecule has 7 heteroatoms. The number of carbonyl (C=O) groups excluding carboxylic acids is 2. The molecule has 0 aliphatic carbocycles. The lowest BCUT2D eigenvalue weighted by atomic mass is 9.98. The van der Waals surface area contributed by atoms with Crippen molar-refractivity contribution in [3.63, 3.8) is 0 Å². The van der Waals surface area contributed by atoms with E-state index >= 15 is 0 Å². The summed E-state index contributed by atoms with van der Waals surface area (Å²) in [6.07, 6.45) is 0.345. The Bertz CT molecular complexity index is 882. The van der Waals surface area contributed by atoms with Crippen LogP contribution in [-0.2, 0) is 20.8 Å². The summed E-state index contributed by atoms with van der Waals surface area (Å²) in [4.78, 5) is 34.8. The number of halogens is 1. The molecule has 0 radical (unpaired) electrons. The van der Waals surface area contributed by atoms with E-state index in [2.05, 4.69) is 10.6 Å². The fourth-order valence-corrected chi connectivity index (χ4v) is 3.47. The van der Waals surface area contributed by atoms with Crippen molar-refractivity contribution in [3.05, 3.63) is 59.1 Å². The Morgan fingerprint density at radius 2 is 1.93 bits per heavy atom. The number of rotatable bonds is 7. The summed E-state index contributed by atoms with van der Waals surface area (Å²) >= 11 is 6.03. The predicted molar refractivity (Wildman–Crippen MR) is 106 cm³/mol. The molecule has 0 aromatic heterocycles. The van der Waals surface area contributed by atoms with Crippen LogP contribution in [0.4, 0.5) is 0 Å². The highest BCUT2D eigenvalue weighted by molar-refractivity contribution is 6.30. The van der Waals surface area contributed by atoms with E-state index < -0.39 is 17.9 Å². The zero-order chi connectivity index (χ0) is 20.1. The summed E-state index contributed by atoms with van der Waals surface area (Å²) in [6, 6.07) is 14.7. The molecule has 0 bridgehead atoms. The van der Waals surface area contributed by atoms with Crippen molar-refractivity contribution in [3.8, 4) is 11.1 Å². The average molecular weight is 401 g/mol. The van der Waals surface area contributed by atoms with Gasteiger partial charge in [-0.3, -0.25) is 14.4 Å². The van der Waals surface area contributed by atoms with Crippen LogP contribution in [0, 0.1) is 5.92 Å². The van der Waals surface area contributed by atoms with Crippen LogP contribution in [0.3, 0.4) is 0 Å². The van der Waals surface area contributed by atoms with Crippen LogP contribution in [-0.4, -0.2) is 35.5 Å². The lowest BCUT2D eigenvalue weighted by molar-refractivity contribution is -0.138. The number of carbonyl (C=O) groups is 3. The summed E-state index contributed by atoms with van der Waals surface area (Å²) in [7, 11) is 0. The highest BCUT2D eigenvalue weighted by atomic mass is 35.5. The van der Waals surface area contributed by atoms with Gasteiger partial charge in [0.2, 0.25) is 11.8 Å². The summed E-state index contributed by atoms with van der Waals surface area (Å²) in [5.41, 5.74) is 2.91. The van der Waals surface area contributed by atoms with Gasteiger partial charge in [0.25, 0.3) is 0 Å². The molecule has 1 aliphatic rings. The van der Waals surface area contributed by atoms with Gasteiger partial charge in [-0.25, -0.2) is 0 Å². The molecular formula is C21H21ClN2O4. The van der Waals surface area contributed by atoms with E-state index in [1.165, 1.54) is 0 Å². The van der Waals surface area contributed by atoms with Crippen molar-refractivity contribution in [2.24, 2.45) is 5.92 Å². The van der Waals surface area contributed by atoms with Gasteiger partial charge in [-0.05, 0) is 35.2 Å². The molecule has 1 aliphatic heterocycles. The molecule has 1 saturated heterocycles. The van der Waals surface area contributed by atoms with Gasteiger partial charge in [0.1, 0.15) is 0 Å². The number of nitrogens with one attached hydrogen (secondary N) is 2. The van der Waals surface area contributed by atoms with Crippen LogP contribution in [0.5, 0.6) is 0 Å². The smallest absolute Gasteiger partial charge is 0.305 e. The summed E-state index contributed by atoms with van der Waals surface area (Å²) in [6.45, 7) is 0.290. The summed E-state index contributed by atoms with van der Waals surface area (Å²) in [5.74, 6) is -1.89. The minimum atomic E-state index is -0.985. The second-order valence-electron chi connectivity index (χ2n) is 6.92. The third-order valence-corrected chi connectivity index (χ3v) is 4.94. The first-order chi connectivity index (χ1) is 13.4. The van der Waals surface area contributed by atoms with E-state index in [1.807, 2.05) is 48.5 Å². The van der Waals surface area contributed by atoms with Gasteiger partial charge >= 0.3 is 5.97 Å². The van der Waals surface area contributed by atoms with Gasteiger partial charge in [-0.15, -0.1) is 0 Å². The molecular weight excluding hydrogens is 380 g/mol. The van der Waals surface area contributed by atoms with Crippen molar-refractivity contribution in [1.29, 1.82) is 0 Å². The van der Waals surface area contributed by atoms with Crippen LogP contribution in [0.2, 0.25) is 5.02 Å². The third kappa shape index (κ3) is 5.33. The molecule has 0 saturated carbocycles. The van der Waals surface area contributed by atoms with Gasteiger partial charge in [-0.1, -0.05) is 48.0 Å². The Hall–Kier alpha value is -2.86. The number of hydrogen-bond donors (Lipinski definition) is 3. The molecule has 2 amide bonds. The topological polar surface area (TPSA) is 95.5 Å². The first-order valence-corrected chi connectivity index (χ1v) is 9.42. The van der Waals surface area contributed by atoms with Crippen LogP contribution >= 0.6 is 11.6 Å². The Balaban J connectivity index is 1.67. The summed E-state index contributed by atoms with van der Waals surface area (Å²) in [5, 5.41) is 15.2. The van der Waals surface area contributed by atoms with Crippen molar-refractivity contribution < 1.29 is 19.5 Å². The van der Waals surface area contributed by atoms with E-state index in [0.717, 1.165) is 16.7 Å². The molecule has 1 heterocycles. The molecule has 28 heavy (non-hydrogen) atoms. The zero-order valence-corrected chi connectivity index (χ0v) is 15.9. The van der Waals surface area contributed by atoms with Crippen LogP contribution in [0.25, 0.3) is 11.1 Å². The molecule has 1 fully saturated rings. The number of benzene rings is 2. The molecule has 2 atom stereocenters. The van der Waals surface area contributed by atoms with Gasteiger partial charge in [0.05, 0.1) is 12.3 Å². The fraction of sp³-hybridized carbons (Fsp3) is 0.286. The van der Waals surface area contributed by atoms with Gasteiger partial charge < -0.3 is 15.7 Å². The first kappa shape index (κ1) is 19.9. The van der Waals surface area contributed by atoms with Crippen molar-refractivity contribution in [2.45, 2.75) is 25.3 Å². The maximum Gasteiger partial charge on any atom is 0.305 e. The SMILES string of the molecule is O=C(O)C[C@@H](Cc1ccc(-c2cccc(Cl)c2)cc1)NC(=O)C1CNC(=O)C1. The van der Waals surface area contributed by atoms with Crippen LogP contribution in [0.1, 0.15) is 18.4 Å². The Kier molecular flexibility index (Phi) is 6.31. The number of amides is 2. The van der Waals surface area contributed by atoms with Crippen molar-refractivity contribution in [2.75, 3.05) is 6.54 Å². The molecule has 3 N–H and O–H groups in total. The average Bonchev–Trinajstić information content (AvgIpc) is 3.08. The Labute approximate surface area is 167 Å².